The van der Waals surface area contributed by atoms with E-state index >= 15 is 0 Å². The lowest BCUT2D eigenvalue weighted by molar-refractivity contribution is 0.788. The minimum absolute atomic E-state index is 0.665. The molecule has 0 radical (unpaired) electrons. The van der Waals surface area contributed by atoms with Crippen LogP contribution in [0.25, 0.3) is 0 Å². The minimum atomic E-state index is 0.665. The zero-order valence-electron chi connectivity index (χ0n) is 15.7. The number of anilines is 1. The number of nitrogens with one attached hydrogen (secondary N) is 2. The van der Waals surface area contributed by atoms with Crippen molar-refractivity contribution in [2.45, 2.75) is 26.8 Å². The average Bonchev–Trinajstić information content (AvgIpc) is 2.61. The number of guanidine groups is 1. The monoisotopic (exact) mass is 339 g/mol. The van der Waals surface area contributed by atoms with Crippen molar-refractivity contribution in [2.24, 2.45) is 4.99 Å². The van der Waals surface area contributed by atoms with E-state index in [9.17, 15) is 0 Å². The van der Waals surface area contributed by atoms with Gasteiger partial charge in [-0.2, -0.15) is 0 Å². The Hall–Kier alpha value is -2.56. The number of aromatic nitrogens is 1. The molecule has 0 aliphatic rings. The molecule has 2 rings (SSSR count). The molecule has 0 aliphatic carbocycles. The minimum Gasteiger partial charge on any atom is -0.378 e. The molecule has 0 unspecified atom stereocenters. The molecule has 0 aliphatic heterocycles. The molecule has 134 valence electrons. The lowest BCUT2D eigenvalue weighted by Gasteiger charge is -2.15. The van der Waals surface area contributed by atoms with Gasteiger partial charge in [-0.05, 0) is 49.2 Å². The molecule has 0 amide bonds. The number of hydrogen-bond acceptors (Lipinski definition) is 3. The Bertz CT molecular complexity index is 680. The summed E-state index contributed by atoms with van der Waals surface area (Å²) < 4.78 is 0. The second kappa shape index (κ2) is 9.67. The van der Waals surface area contributed by atoms with Crippen LogP contribution in [0, 0.1) is 6.92 Å². The topological polar surface area (TPSA) is 52.6 Å². The molecule has 0 fully saturated rings. The van der Waals surface area contributed by atoms with Gasteiger partial charge in [-0.3, -0.25) is 4.98 Å². The van der Waals surface area contributed by atoms with Gasteiger partial charge in [0, 0.05) is 51.2 Å². The van der Waals surface area contributed by atoms with E-state index in [0.29, 0.717) is 6.54 Å². The number of pyridine rings is 1. The van der Waals surface area contributed by atoms with Crippen molar-refractivity contribution in [3.05, 3.63) is 59.4 Å². The fourth-order valence-electron chi connectivity index (χ4n) is 2.50. The van der Waals surface area contributed by atoms with E-state index < -0.39 is 0 Å². The lowest BCUT2D eigenvalue weighted by Crippen LogP contribution is -2.38. The highest BCUT2D eigenvalue weighted by atomic mass is 15.2. The van der Waals surface area contributed by atoms with Crippen LogP contribution in [0.1, 0.15) is 23.7 Å². The zero-order valence-corrected chi connectivity index (χ0v) is 15.7. The fraction of sp³-hybridized carbons (Fsp3) is 0.400. The lowest BCUT2D eigenvalue weighted by atomic mass is 10.1. The Balaban J connectivity index is 1.94. The van der Waals surface area contributed by atoms with Gasteiger partial charge in [0.05, 0.1) is 6.54 Å². The summed E-state index contributed by atoms with van der Waals surface area (Å²) in [4.78, 5) is 11.2. The Morgan fingerprint density at radius 2 is 2.00 bits per heavy atom. The van der Waals surface area contributed by atoms with E-state index in [-0.39, 0.29) is 0 Å². The molecule has 25 heavy (non-hydrogen) atoms. The quantitative estimate of drug-likeness (QED) is 0.602. The van der Waals surface area contributed by atoms with E-state index in [1.165, 1.54) is 16.8 Å². The van der Waals surface area contributed by atoms with Crippen LogP contribution < -0.4 is 15.5 Å². The summed E-state index contributed by atoms with van der Waals surface area (Å²) in [5.41, 5.74) is 4.80. The van der Waals surface area contributed by atoms with Crippen molar-refractivity contribution in [3.63, 3.8) is 0 Å². The second-order valence-electron chi connectivity index (χ2n) is 6.20. The predicted octanol–water partition coefficient (Wildman–Crippen LogP) is 2.75. The maximum atomic E-state index is 4.71. The fourth-order valence-corrected chi connectivity index (χ4v) is 2.50. The van der Waals surface area contributed by atoms with Crippen LogP contribution in [0.3, 0.4) is 0 Å². The third-order valence-electron chi connectivity index (χ3n) is 3.99. The summed E-state index contributed by atoms with van der Waals surface area (Å²) in [6.07, 6.45) is 2.70. The number of benzene rings is 1. The van der Waals surface area contributed by atoms with Crippen LogP contribution in [0.4, 0.5) is 5.69 Å². The van der Waals surface area contributed by atoms with E-state index in [0.717, 1.165) is 31.2 Å². The standard InChI is InChI=1S/C20H29N5/c1-5-21-20(23-13-11-18-8-6-7-12-22-18)24-15-17-9-10-19(25(3)4)14-16(17)2/h6-10,12,14H,5,11,13,15H2,1-4H3,(H2,21,23,24). The normalized spacial score (nSPS) is 11.3. The van der Waals surface area contributed by atoms with Crippen LogP contribution in [0.5, 0.6) is 0 Å². The van der Waals surface area contributed by atoms with Gasteiger partial charge in [0.2, 0.25) is 0 Å². The van der Waals surface area contributed by atoms with Gasteiger partial charge in [-0.1, -0.05) is 12.1 Å². The predicted molar refractivity (Wildman–Crippen MR) is 106 cm³/mol. The molecule has 0 spiro atoms. The number of hydrogen-bond donors (Lipinski definition) is 2. The first-order chi connectivity index (χ1) is 12.1. The second-order valence-corrected chi connectivity index (χ2v) is 6.20. The number of aliphatic imine (C=N–C) groups is 1. The van der Waals surface area contributed by atoms with Crippen molar-refractivity contribution in [3.8, 4) is 0 Å². The first kappa shape index (κ1) is 18.8. The molecule has 1 aromatic carbocycles. The van der Waals surface area contributed by atoms with Crippen LogP contribution >= 0.6 is 0 Å². The van der Waals surface area contributed by atoms with Crippen LogP contribution in [0.15, 0.2) is 47.6 Å². The molecule has 2 aromatic rings. The molecular formula is C20H29N5. The van der Waals surface area contributed by atoms with Crippen LogP contribution in [-0.4, -0.2) is 38.1 Å². The summed E-state index contributed by atoms with van der Waals surface area (Å²) in [6, 6.07) is 12.5. The Morgan fingerprint density at radius 3 is 2.64 bits per heavy atom. The highest BCUT2D eigenvalue weighted by molar-refractivity contribution is 5.79. The maximum Gasteiger partial charge on any atom is 0.191 e. The Labute approximate surface area is 151 Å². The van der Waals surface area contributed by atoms with Crippen molar-refractivity contribution in [1.29, 1.82) is 0 Å². The Kier molecular flexibility index (Phi) is 7.26. The van der Waals surface area contributed by atoms with Crippen molar-refractivity contribution >= 4 is 11.6 Å². The maximum absolute atomic E-state index is 4.71. The number of rotatable bonds is 7. The SMILES string of the molecule is CCNC(=NCc1ccc(N(C)C)cc1C)NCCc1ccccn1. The smallest absolute Gasteiger partial charge is 0.191 e. The summed E-state index contributed by atoms with van der Waals surface area (Å²) in [7, 11) is 4.11. The molecule has 0 bridgehead atoms. The molecule has 1 heterocycles. The average molecular weight is 339 g/mol. The molecule has 0 atom stereocenters. The van der Waals surface area contributed by atoms with Gasteiger partial charge >= 0.3 is 0 Å². The largest absolute Gasteiger partial charge is 0.378 e. The van der Waals surface area contributed by atoms with Crippen LogP contribution in [-0.2, 0) is 13.0 Å². The molecule has 1 aromatic heterocycles. The van der Waals surface area contributed by atoms with Gasteiger partial charge in [0.25, 0.3) is 0 Å². The van der Waals surface area contributed by atoms with Gasteiger partial charge in [-0.25, -0.2) is 4.99 Å². The molecule has 0 saturated heterocycles. The number of nitrogens with zero attached hydrogens (tertiary/aromatic N) is 3. The van der Waals surface area contributed by atoms with Crippen molar-refractivity contribution < 1.29 is 0 Å². The first-order valence-electron chi connectivity index (χ1n) is 8.79. The third kappa shape index (κ3) is 6.10. The molecule has 5 heteroatoms. The molecule has 0 saturated carbocycles. The number of aryl methyl sites for hydroxylation is 1. The van der Waals surface area contributed by atoms with Gasteiger partial charge in [0.15, 0.2) is 5.96 Å². The summed E-state index contributed by atoms with van der Waals surface area (Å²) in [5, 5.41) is 6.68. The summed E-state index contributed by atoms with van der Waals surface area (Å²) in [5.74, 6) is 0.842. The molecule has 5 nitrogen and oxygen atoms in total. The van der Waals surface area contributed by atoms with Gasteiger partial charge < -0.3 is 15.5 Å². The van der Waals surface area contributed by atoms with Crippen molar-refractivity contribution in [1.82, 2.24) is 15.6 Å². The Morgan fingerprint density at radius 1 is 1.16 bits per heavy atom. The zero-order chi connectivity index (χ0) is 18.1. The first-order valence-corrected chi connectivity index (χ1v) is 8.79. The summed E-state index contributed by atoms with van der Waals surface area (Å²) in [6.45, 7) is 6.53. The van der Waals surface area contributed by atoms with Gasteiger partial charge in [0.1, 0.15) is 0 Å². The highest BCUT2D eigenvalue weighted by Gasteiger charge is 2.03. The van der Waals surface area contributed by atoms with E-state index in [1.54, 1.807) is 0 Å². The van der Waals surface area contributed by atoms with Crippen molar-refractivity contribution in [2.75, 3.05) is 32.1 Å². The molecule has 2 N–H and O–H groups in total. The highest BCUT2D eigenvalue weighted by Crippen LogP contribution is 2.17. The molecular weight excluding hydrogens is 310 g/mol. The van der Waals surface area contributed by atoms with E-state index in [4.69, 9.17) is 4.99 Å². The van der Waals surface area contributed by atoms with Gasteiger partial charge in [-0.15, -0.1) is 0 Å². The van der Waals surface area contributed by atoms with Crippen LogP contribution in [0.2, 0.25) is 0 Å². The van der Waals surface area contributed by atoms with E-state index in [1.807, 2.05) is 24.4 Å². The van der Waals surface area contributed by atoms with E-state index in [2.05, 4.69) is 66.7 Å². The third-order valence-corrected chi connectivity index (χ3v) is 3.99. The summed E-state index contributed by atoms with van der Waals surface area (Å²) >= 11 is 0.